The lowest BCUT2D eigenvalue weighted by atomic mass is 10.0. The zero-order chi connectivity index (χ0) is 21.5. The van der Waals surface area contributed by atoms with Gasteiger partial charge in [-0.15, -0.1) is 0 Å². The van der Waals surface area contributed by atoms with Gasteiger partial charge in [0.25, 0.3) is 5.89 Å². The van der Waals surface area contributed by atoms with Crippen molar-refractivity contribution in [2.24, 2.45) is 0 Å². The summed E-state index contributed by atoms with van der Waals surface area (Å²) in [6, 6.07) is 26.6. The van der Waals surface area contributed by atoms with Crippen molar-refractivity contribution in [1.82, 2.24) is 10.1 Å². The average molecular weight is 412 g/mol. The van der Waals surface area contributed by atoms with Crippen molar-refractivity contribution in [3.05, 3.63) is 96.4 Å². The van der Waals surface area contributed by atoms with E-state index in [1.165, 1.54) is 0 Å². The molecule has 31 heavy (non-hydrogen) atoms. The highest BCUT2D eigenvalue weighted by Crippen LogP contribution is 2.20. The second kappa shape index (κ2) is 9.63. The van der Waals surface area contributed by atoms with Crippen LogP contribution in [0.3, 0.4) is 0 Å². The van der Waals surface area contributed by atoms with Crippen LogP contribution in [-0.4, -0.2) is 21.9 Å². The van der Waals surface area contributed by atoms with Gasteiger partial charge in [0.2, 0.25) is 5.82 Å². The summed E-state index contributed by atoms with van der Waals surface area (Å²) < 4.78 is 10.3. The van der Waals surface area contributed by atoms with Crippen LogP contribution in [0.4, 0.5) is 0 Å². The molecule has 6 nitrogen and oxygen atoms in total. The number of benzene rings is 3. The Bertz CT molecular complexity index is 1150. The lowest BCUT2D eigenvalue weighted by Crippen LogP contribution is -2.08. The molecule has 0 amide bonds. The van der Waals surface area contributed by atoms with Crippen molar-refractivity contribution in [2.45, 2.75) is 19.4 Å². The Balaban J connectivity index is 1.25. The van der Waals surface area contributed by atoms with Crippen LogP contribution in [-0.2, 0) is 16.1 Å². The number of Topliss-reactive ketones (excluding diaryl/α,β-unsaturated/α-hetero) is 1. The second-order valence-electron chi connectivity index (χ2n) is 6.90. The van der Waals surface area contributed by atoms with Crippen LogP contribution in [0.5, 0.6) is 0 Å². The SMILES string of the molecule is O=C(CCC(=O)c1ccc(-c2ccccc2)cc1)OCc1nc(-c2ccccc2)no1. The maximum atomic E-state index is 12.4. The number of ketones is 1. The summed E-state index contributed by atoms with van der Waals surface area (Å²) in [5.74, 6) is 0.0326. The summed E-state index contributed by atoms with van der Waals surface area (Å²) in [7, 11) is 0. The molecule has 0 aliphatic carbocycles. The predicted octanol–water partition coefficient (Wildman–Crippen LogP) is 5.11. The van der Waals surface area contributed by atoms with E-state index < -0.39 is 5.97 Å². The molecule has 0 N–H and O–H groups in total. The molecule has 0 radical (unpaired) electrons. The minimum absolute atomic E-state index is 0.0149. The molecule has 4 rings (SSSR count). The van der Waals surface area contributed by atoms with Crippen LogP contribution in [0, 0.1) is 0 Å². The first-order chi connectivity index (χ1) is 15.2. The minimum Gasteiger partial charge on any atom is -0.456 e. The number of aromatic nitrogens is 2. The third kappa shape index (κ3) is 5.30. The maximum absolute atomic E-state index is 12.4. The van der Waals surface area contributed by atoms with Gasteiger partial charge in [-0.05, 0) is 11.1 Å². The predicted molar refractivity (Wildman–Crippen MR) is 115 cm³/mol. The summed E-state index contributed by atoms with van der Waals surface area (Å²) >= 11 is 0. The zero-order valence-electron chi connectivity index (χ0n) is 16.7. The first-order valence-corrected chi connectivity index (χ1v) is 9.91. The number of carbonyl (C=O) groups excluding carboxylic acids is 2. The normalized spacial score (nSPS) is 10.6. The topological polar surface area (TPSA) is 82.3 Å². The quantitative estimate of drug-likeness (QED) is 0.295. The van der Waals surface area contributed by atoms with E-state index in [2.05, 4.69) is 10.1 Å². The number of hydrogen-bond acceptors (Lipinski definition) is 6. The highest BCUT2D eigenvalue weighted by atomic mass is 16.6. The van der Waals surface area contributed by atoms with Crippen molar-refractivity contribution >= 4 is 11.8 Å². The lowest BCUT2D eigenvalue weighted by Gasteiger charge is -2.05. The summed E-state index contributed by atoms with van der Waals surface area (Å²) in [5, 5.41) is 3.88. The monoisotopic (exact) mass is 412 g/mol. The van der Waals surface area contributed by atoms with Gasteiger partial charge in [-0.3, -0.25) is 9.59 Å². The van der Waals surface area contributed by atoms with Crippen molar-refractivity contribution in [3.63, 3.8) is 0 Å². The van der Waals surface area contributed by atoms with Crippen molar-refractivity contribution in [1.29, 1.82) is 0 Å². The Hall–Kier alpha value is -4.06. The van der Waals surface area contributed by atoms with Gasteiger partial charge in [0.1, 0.15) is 0 Å². The molecule has 1 heterocycles. The molecule has 0 aliphatic rings. The van der Waals surface area contributed by atoms with Crippen molar-refractivity contribution in [3.8, 4) is 22.5 Å². The van der Waals surface area contributed by atoms with E-state index in [1.54, 1.807) is 12.1 Å². The number of carbonyl (C=O) groups is 2. The fraction of sp³-hybridized carbons (Fsp3) is 0.120. The maximum Gasteiger partial charge on any atom is 0.306 e. The second-order valence-corrected chi connectivity index (χ2v) is 6.90. The molecule has 1 aromatic heterocycles. The molecule has 0 bridgehead atoms. The van der Waals surface area contributed by atoms with Crippen molar-refractivity contribution in [2.75, 3.05) is 0 Å². The van der Waals surface area contributed by atoms with Crippen LogP contribution in [0.25, 0.3) is 22.5 Å². The smallest absolute Gasteiger partial charge is 0.306 e. The van der Waals surface area contributed by atoms with E-state index in [0.29, 0.717) is 11.4 Å². The summed E-state index contributed by atoms with van der Waals surface area (Å²) in [6.45, 7) is -0.126. The number of nitrogens with zero attached hydrogens (tertiary/aromatic N) is 2. The Kier molecular flexibility index (Phi) is 6.28. The molecule has 0 aliphatic heterocycles. The molecular weight excluding hydrogens is 392 g/mol. The molecule has 4 aromatic rings. The third-order valence-corrected chi connectivity index (χ3v) is 4.73. The molecule has 0 saturated carbocycles. The first-order valence-electron chi connectivity index (χ1n) is 9.91. The van der Waals surface area contributed by atoms with Gasteiger partial charge < -0.3 is 9.26 Å². The van der Waals surface area contributed by atoms with Crippen LogP contribution < -0.4 is 0 Å². The molecule has 0 atom stereocenters. The van der Waals surface area contributed by atoms with E-state index in [1.807, 2.05) is 72.8 Å². The number of ether oxygens (including phenoxy) is 1. The van der Waals surface area contributed by atoms with E-state index in [4.69, 9.17) is 9.26 Å². The molecule has 6 heteroatoms. The van der Waals surface area contributed by atoms with Crippen LogP contribution >= 0.6 is 0 Å². The third-order valence-electron chi connectivity index (χ3n) is 4.73. The Labute approximate surface area is 179 Å². The van der Waals surface area contributed by atoms with Crippen LogP contribution in [0.1, 0.15) is 29.1 Å². The molecule has 0 fully saturated rings. The summed E-state index contributed by atoms with van der Waals surface area (Å²) in [4.78, 5) is 28.6. The van der Waals surface area contributed by atoms with Gasteiger partial charge in [-0.25, -0.2) is 0 Å². The first kappa shape index (κ1) is 20.2. The van der Waals surface area contributed by atoms with E-state index in [9.17, 15) is 9.59 Å². The highest BCUT2D eigenvalue weighted by molar-refractivity contribution is 5.97. The van der Waals surface area contributed by atoms with Crippen LogP contribution in [0.2, 0.25) is 0 Å². The van der Waals surface area contributed by atoms with Gasteiger partial charge in [0, 0.05) is 17.5 Å². The summed E-state index contributed by atoms with van der Waals surface area (Å²) in [6.07, 6.45) is 0.0571. The van der Waals surface area contributed by atoms with Gasteiger partial charge in [0.15, 0.2) is 12.4 Å². The average Bonchev–Trinajstić information content (AvgIpc) is 3.31. The van der Waals surface area contributed by atoms with Gasteiger partial charge >= 0.3 is 5.97 Å². The summed E-state index contributed by atoms with van der Waals surface area (Å²) in [5.41, 5.74) is 3.50. The number of rotatable bonds is 8. The fourth-order valence-corrected chi connectivity index (χ4v) is 3.07. The minimum atomic E-state index is -0.492. The van der Waals surface area contributed by atoms with Crippen LogP contribution in [0.15, 0.2) is 89.5 Å². The molecule has 0 unspecified atom stereocenters. The van der Waals surface area contributed by atoms with E-state index in [-0.39, 0.29) is 31.1 Å². The molecule has 0 spiro atoms. The lowest BCUT2D eigenvalue weighted by molar-refractivity contribution is -0.145. The Morgan fingerprint density at radius 3 is 2.03 bits per heavy atom. The molecule has 154 valence electrons. The molecular formula is C25H20N2O4. The van der Waals surface area contributed by atoms with E-state index in [0.717, 1.165) is 16.7 Å². The molecule has 3 aromatic carbocycles. The Morgan fingerprint density at radius 1 is 0.742 bits per heavy atom. The van der Waals surface area contributed by atoms with Crippen molar-refractivity contribution < 1.29 is 18.8 Å². The van der Waals surface area contributed by atoms with E-state index >= 15 is 0 Å². The number of hydrogen-bond donors (Lipinski definition) is 0. The fourth-order valence-electron chi connectivity index (χ4n) is 3.07. The number of esters is 1. The Morgan fingerprint density at radius 2 is 1.35 bits per heavy atom. The largest absolute Gasteiger partial charge is 0.456 e. The van der Waals surface area contributed by atoms with Gasteiger partial charge in [-0.1, -0.05) is 90.1 Å². The standard InChI is InChI=1S/C25H20N2O4/c28-22(20-13-11-19(12-14-20)18-7-3-1-4-8-18)15-16-24(29)30-17-23-26-25(27-31-23)21-9-5-2-6-10-21/h1-14H,15-17H2. The molecule has 0 saturated heterocycles. The van der Waals surface area contributed by atoms with Gasteiger partial charge in [0.05, 0.1) is 6.42 Å². The van der Waals surface area contributed by atoms with Gasteiger partial charge in [-0.2, -0.15) is 4.98 Å². The highest BCUT2D eigenvalue weighted by Gasteiger charge is 2.13. The zero-order valence-corrected chi connectivity index (χ0v) is 16.7.